The van der Waals surface area contributed by atoms with Crippen LogP contribution in [-0.4, -0.2) is 32.6 Å². The molecule has 1 atom stereocenters. The van der Waals surface area contributed by atoms with Crippen molar-refractivity contribution in [1.82, 2.24) is 14.9 Å². The molecule has 1 aliphatic heterocycles. The van der Waals surface area contributed by atoms with Crippen LogP contribution < -0.4 is 0 Å². The van der Waals surface area contributed by atoms with Crippen molar-refractivity contribution in [2.24, 2.45) is 5.41 Å². The Hall–Kier alpha value is -2.48. The Morgan fingerprint density at radius 3 is 2.83 bits per heavy atom. The SMILES string of the molecule is C#Cc1ccc2nc(C3(C(C)(C)C)CCCN3C(=O)O)[nH]c2c1. The van der Waals surface area contributed by atoms with E-state index in [-0.39, 0.29) is 5.41 Å². The normalized spacial score (nSPS) is 21.6. The second-order valence-corrected chi connectivity index (χ2v) is 7.11. The second-order valence-electron chi connectivity index (χ2n) is 7.11. The highest BCUT2D eigenvalue weighted by atomic mass is 16.4. The monoisotopic (exact) mass is 311 g/mol. The molecule has 2 N–H and O–H groups in total. The summed E-state index contributed by atoms with van der Waals surface area (Å²) in [6, 6.07) is 5.60. The number of nitrogens with one attached hydrogen (secondary N) is 1. The van der Waals surface area contributed by atoms with Gasteiger partial charge in [-0.25, -0.2) is 9.78 Å². The van der Waals surface area contributed by atoms with E-state index in [1.165, 1.54) is 4.90 Å². The van der Waals surface area contributed by atoms with Gasteiger partial charge in [0, 0.05) is 12.1 Å². The Balaban J connectivity index is 2.22. The fraction of sp³-hybridized carbons (Fsp3) is 0.444. The average molecular weight is 311 g/mol. The lowest BCUT2D eigenvalue weighted by molar-refractivity contribution is 0.0219. The molecule has 3 rings (SSSR count). The summed E-state index contributed by atoms with van der Waals surface area (Å²) < 4.78 is 0. The summed E-state index contributed by atoms with van der Waals surface area (Å²) in [4.78, 5) is 21.4. The smallest absolute Gasteiger partial charge is 0.408 e. The first-order chi connectivity index (χ1) is 10.8. The molecule has 1 fully saturated rings. The van der Waals surface area contributed by atoms with E-state index in [1.807, 2.05) is 18.2 Å². The number of carbonyl (C=O) groups is 1. The molecule has 5 heteroatoms. The molecule has 2 aromatic rings. The van der Waals surface area contributed by atoms with Crippen LogP contribution in [0, 0.1) is 17.8 Å². The van der Waals surface area contributed by atoms with Gasteiger partial charge in [-0.2, -0.15) is 0 Å². The number of likely N-dealkylation sites (tertiary alicyclic amines) is 1. The van der Waals surface area contributed by atoms with Gasteiger partial charge in [0.15, 0.2) is 0 Å². The number of benzene rings is 1. The first kappa shape index (κ1) is 15.4. The van der Waals surface area contributed by atoms with E-state index in [0.29, 0.717) is 12.4 Å². The molecule has 1 saturated heterocycles. The molecule has 0 aliphatic carbocycles. The van der Waals surface area contributed by atoms with Crippen LogP contribution >= 0.6 is 0 Å². The highest BCUT2D eigenvalue weighted by Crippen LogP contribution is 2.50. The van der Waals surface area contributed by atoms with E-state index >= 15 is 0 Å². The molecule has 0 bridgehead atoms. The van der Waals surface area contributed by atoms with Gasteiger partial charge in [0.1, 0.15) is 11.4 Å². The Labute approximate surface area is 135 Å². The maximum absolute atomic E-state index is 11.8. The van der Waals surface area contributed by atoms with Crippen molar-refractivity contribution in [1.29, 1.82) is 0 Å². The number of fused-ring (bicyclic) bond motifs is 1. The first-order valence-corrected chi connectivity index (χ1v) is 7.77. The number of terminal acetylenes is 1. The van der Waals surface area contributed by atoms with Crippen molar-refractivity contribution in [3.63, 3.8) is 0 Å². The Bertz CT molecular complexity index is 810. The minimum atomic E-state index is -0.901. The number of hydrogen-bond acceptors (Lipinski definition) is 2. The lowest BCUT2D eigenvalue weighted by Gasteiger charge is -2.45. The van der Waals surface area contributed by atoms with Gasteiger partial charge in [0.25, 0.3) is 0 Å². The van der Waals surface area contributed by atoms with Crippen molar-refractivity contribution in [2.45, 2.75) is 39.2 Å². The van der Waals surface area contributed by atoms with Crippen LogP contribution in [-0.2, 0) is 5.54 Å². The zero-order valence-corrected chi connectivity index (χ0v) is 13.7. The van der Waals surface area contributed by atoms with Gasteiger partial charge in [-0.05, 0) is 36.5 Å². The summed E-state index contributed by atoms with van der Waals surface area (Å²) in [5.41, 5.74) is 1.48. The lowest BCUT2D eigenvalue weighted by atomic mass is 9.71. The molecule has 23 heavy (non-hydrogen) atoms. The Morgan fingerprint density at radius 1 is 1.48 bits per heavy atom. The molecule has 0 saturated carbocycles. The van der Waals surface area contributed by atoms with E-state index in [2.05, 4.69) is 31.7 Å². The standard InChI is InChI=1S/C18H21N3O2/c1-5-12-7-8-13-14(11-12)20-15(19-13)18(17(2,3)4)9-6-10-21(18)16(22)23/h1,7-8,11H,6,9-10H2,2-4H3,(H,19,20)(H,22,23). The van der Waals surface area contributed by atoms with Crippen molar-refractivity contribution in [3.8, 4) is 12.3 Å². The number of aromatic amines is 1. The summed E-state index contributed by atoms with van der Waals surface area (Å²) >= 11 is 0. The number of carboxylic acid groups (broad SMARTS) is 1. The van der Waals surface area contributed by atoms with Crippen LogP contribution in [0.15, 0.2) is 18.2 Å². The molecule has 0 spiro atoms. The summed E-state index contributed by atoms with van der Waals surface area (Å²) in [6.45, 7) is 6.72. The highest BCUT2D eigenvalue weighted by Gasteiger charge is 2.55. The predicted octanol–water partition coefficient (Wildman–Crippen LogP) is 3.56. The van der Waals surface area contributed by atoms with Gasteiger partial charge in [-0.1, -0.05) is 26.7 Å². The van der Waals surface area contributed by atoms with E-state index in [4.69, 9.17) is 11.4 Å². The first-order valence-electron chi connectivity index (χ1n) is 7.77. The van der Waals surface area contributed by atoms with Crippen molar-refractivity contribution < 1.29 is 9.90 Å². The number of nitrogens with zero attached hydrogens (tertiary/aromatic N) is 2. The average Bonchev–Trinajstić information content (AvgIpc) is 3.09. The van der Waals surface area contributed by atoms with Gasteiger partial charge in [0.2, 0.25) is 0 Å². The molecule has 1 unspecified atom stereocenters. The molecule has 120 valence electrons. The second kappa shape index (κ2) is 5.02. The maximum atomic E-state index is 11.8. The fourth-order valence-electron chi connectivity index (χ4n) is 3.75. The topological polar surface area (TPSA) is 69.2 Å². The fourth-order valence-corrected chi connectivity index (χ4v) is 3.75. The van der Waals surface area contributed by atoms with E-state index < -0.39 is 11.6 Å². The van der Waals surface area contributed by atoms with Crippen molar-refractivity contribution in [3.05, 3.63) is 29.6 Å². The summed E-state index contributed by atoms with van der Waals surface area (Å²) in [5, 5.41) is 9.69. The van der Waals surface area contributed by atoms with Crippen molar-refractivity contribution >= 4 is 17.1 Å². The van der Waals surface area contributed by atoms with Crippen LogP contribution in [0.5, 0.6) is 0 Å². The number of hydrogen-bond donors (Lipinski definition) is 2. The van der Waals surface area contributed by atoms with Crippen LogP contribution in [0.1, 0.15) is 45.0 Å². The summed E-state index contributed by atoms with van der Waals surface area (Å²) in [7, 11) is 0. The van der Waals surface area contributed by atoms with Gasteiger partial charge in [-0.3, -0.25) is 4.90 Å². The van der Waals surface area contributed by atoms with Crippen LogP contribution in [0.4, 0.5) is 4.79 Å². The molecular weight excluding hydrogens is 290 g/mol. The van der Waals surface area contributed by atoms with Gasteiger partial charge in [-0.15, -0.1) is 6.42 Å². The third-order valence-electron chi connectivity index (χ3n) is 4.89. The lowest BCUT2D eigenvalue weighted by Crippen LogP contribution is -2.53. The van der Waals surface area contributed by atoms with Crippen LogP contribution in [0.25, 0.3) is 11.0 Å². The molecule has 2 heterocycles. The number of rotatable bonds is 1. The molecule has 1 aliphatic rings. The minimum Gasteiger partial charge on any atom is -0.465 e. The molecule has 1 aromatic heterocycles. The maximum Gasteiger partial charge on any atom is 0.408 e. The molecular formula is C18H21N3O2. The molecule has 5 nitrogen and oxygen atoms in total. The number of imidazole rings is 1. The summed E-state index contributed by atoms with van der Waals surface area (Å²) in [6.07, 6.45) is 6.14. The minimum absolute atomic E-state index is 0.287. The van der Waals surface area contributed by atoms with E-state index in [1.54, 1.807) is 0 Å². The Morgan fingerprint density at radius 2 is 2.22 bits per heavy atom. The number of aromatic nitrogens is 2. The Kier molecular flexibility index (Phi) is 3.36. The molecule has 1 amide bonds. The van der Waals surface area contributed by atoms with E-state index in [9.17, 15) is 9.90 Å². The van der Waals surface area contributed by atoms with Crippen LogP contribution in [0.2, 0.25) is 0 Å². The molecule has 0 radical (unpaired) electrons. The predicted molar refractivity (Wildman–Crippen MR) is 89.1 cm³/mol. The number of amides is 1. The third-order valence-corrected chi connectivity index (χ3v) is 4.89. The zero-order chi connectivity index (χ0) is 16.8. The van der Waals surface area contributed by atoms with Crippen molar-refractivity contribution in [2.75, 3.05) is 6.54 Å². The van der Waals surface area contributed by atoms with Gasteiger partial charge >= 0.3 is 6.09 Å². The van der Waals surface area contributed by atoms with Gasteiger partial charge < -0.3 is 10.1 Å². The number of H-pyrrole nitrogens is 1. The van der Waals surface area contributed by atoms with Crippen LogP contribution in [0.3, 0.4) is 0 Å². The van der Waals surface area contributed by atoms with Gasteiger partial charge in [0.05, 0.1) is 11.0 Å². The highest BCUT2D eigenvalue weighted by molar-refractivity contribution is 5.77. The largest absolute Gasteiger partial charge is 0.465 e. The van der Waals surface area contributed by atoms with E-state index in [0.717, 1.165) is 29.4 Å². The quantitative estimate of drug-likeness (QED) is 0.791. The third kappa shape index (κ3) is 2.17. The zero-order valence-electron chi connectivity index (χ0n) is 13.7. The molecule has 1 aromatic carbocycles. The summed E-state index contributed by atoms with van der Waals surface area (Å²) in [5.74, 6) is 3.32.